The lowest BCUT2D eigenvalue weighted by Crippen LogP contribution is -2.22. The Morgan fingerprint density at radius 2 is 0.703 bits per heavy atom. The van der Waals surface area contributed by atoms with Crippen LogP contribution in [0.5, 0.6) is 0 Å². The second-order valence-electron chi connectivity index (χ2n) is 8.04. The summed E-state index contributed by atoms with van der Waals surface area (Å²) >= 11 is 20.5. The van der Waals surface area contributed by atoms with Crippen LogP contribution in [0.15, 0.2) is 82.6 Å². The molecule has 0 bridgehead atoms. The number of hydrogen-bond acceptors (Lipinski definition) is 6. The average Bonchev–Trinajstić information content (AvgIpc) is 2.86. The van der Waals surface area contributed by atoms with Crippen molar-refractivity contribution in [1.29, 1.82) is 0 Å². The molecule has 4 aromatic carbocycles. The number of carbonyl (C=O) groups is 4. The fourth-order valence-electron chi connectivity index (χ4n) is 4.36. The standard InChI is InChI=1S/C14H6Cl2O2.C14H8O2S2.CH4/c15-9-5-1-3-7-11(9)14(18)8-4-2-6-10(16)12(8)13(7)17;15-13-7-3-1-5-9(17)11(7)14(16)8-4-2-6-10(18)12(8)13;/h1-6H;1-6,17-18H;1H4. The van der Waals surface area contributed by atoms with Gasteiger partial charge in [-0.1, -0.05) is 79.2 Å². The fraction of sp³-hybridized carbons (Fsp3) is 0.0345. The molecular formula is C29H18Cl2O4S2. The number of benzene rings is 4. The summed E-state index contributed by atoms with van der Waals surface area (Å²) in [4.78, 5) is 50.5. The maximum atomic E-state index is 12.4. The van der Waals surface area contributed by atoms with Crippen LogP contribution in [0.2, 0.25) is 10.0 Å². The average molecular weight is 565 g/mol. The zero-order valence-electron chi connectivity index (χ0n) is 18.2. The highest BCUT2D eigenvalue weighted by Crippen LogP contribution is 2.35. The van der Waals surface area contributed by atoms with Crippen molar-refractivity contribution in [2.45, 2.75) is 17.2 Å². The van der Waals surface area contributed by atoms with Crippen LogP contribution in [0.25, 0.3) is 0 Å². The molecule has 2 aliphatic rings. The van der Waals surface area contributed by atoms with Gasteiger partial charge in [-0.3, -0.25) is 19.2 Å². The zero-order valence-corrected chi connectivity index (χ0v) is 21.5. The molecular weight excluding hydrogens is 547 g/mol. The third-order valence-corrected chi connectivity index (χ3v) is 7.37. The molecule has 0 fully saturated rings. The largest absolute Gasteiger partial charge is 0.289 e. The summed E-state index contributed by atoms with van der Waals surface area (Å²) in [5.41, 5.74) is 2.73. The SMILES string of the molecule is C.O=C1c2cccc(Cl)c2C(=O)c2cccc(Cl)c21.O=C1c2cccc(S)c2C(=O)c2cccc(S)c21. The van der Waals surface area contributed by atoms with Crippen LogP contribution in [0.4, 0.5) is 0 Å². The van der Waals surface area contributed by atoms with Crippen molar-refractivity contribution in [3.05, 3.63) is 127 Å². The van der Waals surface area contributed by atoms with Crippen molar-refractivity contribution < 1.29 is 19.2 Å². The van der Waals surface area contributed by atoms with Crippen LogP contribution < -0.4 is 0 Å². The highest BCUT2D eigenvalue weighted by atomic mass is 35.5. The zero-order chi connectivity index (χ0) is 25.7. The van der Waals surface area contributed by atoms with Gasteiger partial charge in [0.2, 0.25) is 0 Å². The van der Waals surface area contributed by atoms with Gasteiger partial charge in [-0.05, 0) is 24.3 Å². The molecule has 0 saturated heterocycles. The highest BCUT2D eigenvalue weighted by Gasteiger charge is 2.33. The molecule has 0 aliphatic heterocycles. The second-order valence-corrected chi connectivity index (χ2v) is 9.82. The number of carbonyl (C=O) groups excluding carboxylic acids is 4. The van der Waals surface area contributed by atoms with Crippen LogP contribution in [0, 0.1) is 0 Å². The van der Waals surface area contributed by atoms with Crippen LogP contribution >= 0.6 is 48.5 Å². The Bertz CT molecular complexity index is 1410. The first-order valence-corrected chi connectivity index (χ1v) is 12.3. The Morgan fingerprint density at radius 1 is 0.432 bits per heavy atom. The van der Waals surface area contributed by atoms with Crippen molar-refractivity contribution in [3.8, 4) is 0 Å². The number of thiol groups is 2. The number of hydrogen-bond donors (Lipinski definition) is 2. The van der Waals surface area contributed by atoms with Crippen molar-refractivity contribution in [2.75, 3.05) is 0 Å². The van der Waals surface area contributed by atoms with Gasteiger partial charge in [-0.15, -0.1) is 25.3 Å². The van der Waals surface area contributed by atoms with Crippen molar-refractivity contribution in [3.63, 3.8) is 0 Å². The van der Waals surface area contributed by atoms with E-state index in [1.54, 1.807) is 72.8 Å². The molecule has 0 unspecified atom stereocenters. The Labute approximate surface area is 234 Å². The molecule has 0 amide bonds. The third-order valence-electron chi connectivity index (χ3n) is 6.00. The summed E-state index contributed by atoms with van der Waals surface area (Å²) in [6, 6.07) is 19.8. The van der Waals surface area contributed by atoms with E-state index in [0.717, 1.165) is 0 Å². The maximum Gasteiger partial charge on any atom is 0.196 e. The first kappa shape index (κ1) is 26.9. The van der Waals surface area contributed by atoms with Gasteiger partial charge in [-0.2, -0.15) is 0 Å². The summed E-state index contributed by atoms with van der Waals surface area (Å²) in [6.45, 7) is 0. The van der Waals surface area contributed by atoms with Crippen molar-refractivity contribution in [1.82, 2.24) is 0 Å². The molecule has 4 aromatic rings. The summed E-state index contributed by atoms with van der Waals surface area (Å²) in [5.74, 6) is -0.845. The molecule has 0 spiro atoms. The lowest BCUT2D eigenvalue weighted by Gasteiger charge is -2.19. The smallest absolute Gasteiger partial charge is 0.196 e. The minimum absolute atomic E-state index is 0. The van der Waals surface area contributed by atoms with Gasteiger partial charge in [0.25, 0.3) is 0 Å². The normalized spacial score (nSPS) is 12.9. The van der Waals surface area contributed by atoms with Crippen molar-refractivity contribution >= 4 is 71.6 Å². The predicted molar refractivity (Wildman–Crippen MR) is 151 cm³/mol. The van der Waals surface area contributed by atoms with E-state index in [4.69, 9.17) is 23.2 Å². The second kappa shape index (κ2) is 10.3. The Kier molecular flexibility index (Phi) is 7.49. The van der Waals surface area contributed by atoms with Gasteiger partial charge in [0.1, 0.15) is 0 Å². The minimum atomic E-state index is -0.257. The molecule has 37 heavy (non-hydrogen) atoms. The molecule has 4 nitrogen and oxygen atoms in total. The summed E-state index contributed by atoms with van der Waals surface area (Å²) < 4.78 is 0. The van der Waals surface area contributed by atoms with Crippen LogP contribution in [0.3, 0.4) is 0 Å². The fourth-order valence-corrected chi connectivity index (χ4v) is 5.50. The van der Waals surface area contributed by atoms with Gasteiger partial charge in [0.15, 0.2) is 23.1 Å². The minimum Gasteiger partial charge on any atom is -0.289 e. The maximum absolute atomic E-state index is 12.4. The number of fused-ring (bicyclic) bond motifs is 4. The summed E-state index contributed by atoms with van der Waals surface area (Å²) in [5, 5.41) is 0.577. The molecule has 2 aliphatic carbocycles. The van der Waals surface area contributed by atoms with Gasteiger partial charge in [-0.25, -0.2) is 0 Å². The molecule has 8 heteroatoms. The summed E-state index contributed by atoms with van der Waals surface area (Å²) in [6.07, 6.45) is 0. The molecule has 0 heterocycles. The molecule has 0 radical (unpaired) electrons. The van der Waals surface area contributed by atoms with Crippen LogP contribution in [-0.2, 0) is 0 Å². The number of rotatable bonds is 0. The van der Waals surface area contributed by atoms with E-state index < -0.39 is 0 Å². The lowest BCUT2D eigenvalue weighted by molar-refractivity contribution is 0.0974. The quantitative estimate of drug-likeness (QED) is 0.188. The van der Waals surface area contributed by atoms with Gasteiger partial charge >= 0.3 is 0 Å². The molecule has 0 saturated carbocycles. The Balaban J connectivity index is 0.000000168. The van der Waals surface area contributed by atoms with Gasteiger partial charge < -0.3 is 0 Å². The Morgan fingerprint density at radius 3 is 1.05 bits per heavy atom. The lowest BCUT2D eigenvalue weighted by atomic mass is 9.84. The molecule has 6 rings (SSSR count). The highest BCUT2D eigenvalue weighted by molar-refractivity contribution is 7.80. The first-order valence-electron chi connectivity index (χ1n) is 10.6. The van der Waals surface area contributed by atoms with E-state index >= 15 is 0 Å². The van der Waals surface area contributed by atoms with E-state index in [9.17, 15) is 19.2 Å². The Hall–Kier alpha value is -3.16. The molecule has 0 atom stereocenters. The number of halogens is 2. The third kappa shape index (κ3) is 4.34. The van der Waals surface area contributed by atoms with E-state index in [1.165, 1.54) is 0 Å². The topological polar surface area (TPSA) is 68.3 Å². The monoisotopic (exact) mass is 564 g/mol. The molecule has 0 aromatic heterocycles. The van der Waals surface area contributed by atoms with E-state index in [1.807, 2.05) is 0 Å². The number of ketones is 4. The van der Waals surface area contributed by atoms with E-state index in [2.05, 4.69) is 25.3 Å². The van der Waals surface area contributed by atoms with Crippen LogP contribution in [0.1, 0.15) is 71.1 Å². The predicted octanol–water partition coefficient (Wildman–Crippen LogP) is 7.44. The first-order chi connectivity index (χ1) is 17.2. The van der Waals surface area contributed by atoms with E-state index in [-0.39, 0.29) is 51.7 Å². The van der Waals surface area contributed by atoms with Crippen LogP contribution in [-0.4, -0.2) is 23.1 Å². The molecule has 0 N–H and O–H groups in total. The van der Waals surface area contributed by atoms with Gasteiger partial charge in [0.05, 0.1) is 21.2 Å². The summed E-state index contributed by atoms with van der Waals surface area (Å²) in [7, 11) is 0. The van der Waals surface area contributed by atoms with Gasteiger partial charge in [0, 0.05) is 43.2 Å². The molecule has 184 valence electrons. The van der Waals surface area contributed by atoms with Crippen molar-refractivity contribution in [2.24, 2.45) is 0 Å². The van der Waals surface area contributed by atoms with E-state index in [0.29, 0.717) is 43.2 Å².